The number of aliphatic carboxylic acids is 1. The van der Waals surface area contributed by atoms with E-state index in [9.17, 15) is 18.3 Å². The van der Waals surface area contributed by atoms with E-state index in [4.69, 9.17) is 0 Å². The first-order chi connectivity index (χ1) is 11.9. The Labute approximate surface area is 151 Å². The number of hydrogen-bond acceptors (Lipinski definition) is 4. The SMILES string of the molecule is O=C(O)CC1(c2ccc(/C=C/c3ccccc3)s2)CCCCS1(=O)=O. The van der Waals surface area contributed by atoms with Crippen LogP contribution in [0.3, 0.4) is 0 Å². The lowest BCUT2D eigenvalue weighted by atomic mass is 9.95. The Morgan fingerprint density at radius 3 is 2.56 bits per heavy atom. The molecule has 1 aromatic heterocycles. The molecule has 4 nitrogen and oxygen atoms in total. The van der Waals surface area contributed by atoms with Crippen LogP contribution in [0.25, 0.3) is 12.2 Å². The van der Waals surface area contributed by atoms with E-state index >= 15 is 0 Å². The van der Waals surface area contributed by atoms with Gasteiger partial charge in [-0.2, -0.15) is 0 Å². The molecule has 1 aromatic carbocycles. The Kier molecular flexibility index (Phi) is 5.11. The van der Waals surface area contributed by atoms with Crippen molar-refractivity contribution in [1.82, 2.24) is 0 Å². The van der Waals surface area contributed by atoms with Crippen LogP contribution in [0.1, 0.15) is 41.0 Å². The number of rotatable bonds is 5. The number of carboxylic acids is 1. The summed E-state index contributed by atoms with van der Waals surface area (Å²) in [6.45, 7) is 0. The number of sulfone groups is 1. The second kappa shape index (κ2) is 7.14. The molecule has 2 aromatic rings. The van der Waals surface area contributed by atoms with E-state index in [1.165, 1.54) is 11.3 Å². The Morgan fingerprint density at radius 1 is 1.12 bits per heavy atom. The lowest BCUT2D eigenvalue weighted by Crippen LogP contribution is -2.41. The largest absolute Gasteiger partial charge is 0.481 e. The van der Waals surface area contributed by atoms with Crippen molar-refractivity contribution in [3.05, 3.63) is 57.8 Å². The molecule has 2 heterocycles. The smallest absolute Gasteiger partial charge is 0.305 e. The normalized spacial score (nSPS) is 22.9. The molecule has 1 saturated heterocycles. The molecule has 0 aliphatic carbocycles. The third-order valence-corrected chi connectivity index (χ3v) is 8.56. The number of hydrogen-bond donors (Lipinski definition) is 1. The summed E-state index contributed by atoms with van der Waals surface area (Å²) in [6.07, 6.45) is 5.26. The fourth-order valence-corrected chi connectivity index (χ4v) is 6.97. The Morgan fingerprint density at radius 2 is 1.88 bits per heavy atom. The molecule has 132 valence electrons. The standard InChI is InChI=1S/C19H20O4S2/c20-18(21)14-19(12-4-5-13-25(19,22)23)17-11-10-16(24-17)9-8-15-6-2-1-3-7-15/h1-3,6-11H,4-5,12-14H2,(H,20,21)/b9-8+. The van der Waals surface area contributed by atoms with Gasteiger partial charge < -0.3 is 5.11 Å². The van der Waals surface area contributed by atoms with Crippen molar-refractivity contribution in [2.24, 2.45) is 0 Å². The first kappa shape index (κ1) is 17.9. The van der Waals surface area contributed by atoms with Crippen LogP contribution in [0, 0.1) is 0 Å². The van der Waals surface area contributed by atoms with E-state index in [-0.39, 0.29) is 12.2 Å². The maximum absolute atomic E-state index is 12.8. The highest BCUT2D eigenvalue weighted by molar-refractivity contribution is 7.92. The van der Waals surface area contributed by atoms with Crippen LogP contribution in [0.4, 0.5) is 0 Å². The number of carbonyl (C=O) groups is 1. The molecule has 0 amide bonds. The van der Waals surface area contributed by atoms with E-state index in [0.717, 1.165) is 16.9 Å². The van der Waals surface area contributed by atoms with Gasteiger partial charge in [-0.25, -0.2) is 8.42 Å². The molecule has 1 aliphatic rings. The zero-order chi connectivity index (χ0) is 17.9. The fraction of sp³-hybridized carbons (Fsp3) is 0.316. The van der Waals surface area contributed by atoms with Gasteiger partial charge in [-0.15, -0.1) is 11.3 Å². The van der Waals surface area contributed by atoms with Crippen LogP contribution in [0.2, 0.25) is 0 Å². The van der Waals surface area contributed by atoms with Crippen molar-refractivity contribution < 1.29 is 18.3 Å². The van der Waals surface area contributed by atoms with Gasteiger partial charge in [0.05, 0.1) is 12.2 Å². The zero-order valence-corrected chi connectivity index (χ0v) is 15.4. The molecule has 6 heteroatoms. The average Bonchev–Trinajstić information content (AvgIpc) is 3.05. The van der Waals surface area contributed by atoms with E-state index in [2.05, 4.69) is 0 Å². The third-order valence-electron chi connectivity index (χ3n) is 4.59. The van der Waals surface area contributed by atoms with E-state index in [1.54, 1.807) is 6.07 Å². The van der Waals surface area contributed by atoms with Crippen LogP contribution < -0.4 is 0 Å². The van der Waals surface area contributed by atoms with Crippen LogP contribution in [-0.4, -0.2) is 25.2 Å². The second-order valence-electron chi connectivity index (χ2n) is 6.29. The van der Waals surface area contributed by atoms with Crippen molar-refractivity contribution in [1.29, 1.82) is 0 Å². The second-order valence-corrected chi connectivity index (χ2v) is 9.82. The summed E-state index contributed by atoms with van der Waals surface area (Å²) in [4.78, 5) is 12.9. The first-order valence-electron chi connectivity index (χ1n) is 8.20. The van der Waals surface area contributed by atoms with Gasteiger partial charge in [-0.3, -0.25) is 4.79 Å². The van der Waals surface area contributed by atoms with Crippen LogP contribution in [-0.2, 0) is 19.4 Å². The molecule has 1 unspecified atom stereocenters. The summed E-state index contributed by atoms with van der Waals surface area (Å²) in [6, 6.07) is 13.5. The maximum Gasteiger partial charge on any atom is 0.305 e. The van der Waals surface area contributed by atoms with E-state index in [0.29, 0.717) is 17.7 Å². The molecule has 1 fully saturated rings. The van der Waals surface area contributed by atoms with E-state index < -0.39 is 20.6 Å². The van der Waals surface area contributed by atoms with Crippen molar-refractivity contribution >= 4 is 39.3 Å². The van der Waals surface area contributed by atoms with Gasteiger partial charge in [-0.1, -0.05) is 42.8 Å². The Hall–Kier alpha value is -1.92. The van der Waals surface area contributed by atoms with Crippen LogP contribution >= 0.6 is 11.3 Å². The average molecular weight is 376 g/mol. The number of carboxylic acid groups (broad SMARTS) is 1. The van der Waals surface area contributed by atoms with Crippen molar-refractivity contribution in [2.75, 3.05) is 5.75 Å². The molecule has 0 radical (unpaired) electrons. The molecular formula is C19H20O4S2. The summed E-state index contributed by atoms with van der Waals surface area (Å²) in [5.41, 5.74) is 1.06. The highest BCUT2D eigenvalue weighted by Crippen LogP contribution is 2.46. The molecule has 0 spiro atoms. The topological polar surface area (TPSA) is 71.4 Å². The molecule has 1 N–H and O–H groups in total. The predicted molar refractivity (Wildman–Crippen MR) is 101 cm³/mol. The van der Waals surface area contributed by atoms with Gasteiger partial charge in [0.2, 0.25) is 0 Å². The summed E-state index contributed by atoms with van der Waals surface area (Å²) in [7, 11) is -3.48. The first-order valence-corrected chi connectivity index (χ1v) is 10.7. The Balaban J connectivity index is 1.94. The lowest BCUT2D eigenvalue weighted by molar-refractivity contribution is -0.137. The van der Waals surface area contributed by atoms with Gasteiger partial charge in [-0.05, 0) is 36.6 Å². The van der Waals surface area contributed by atoms with E-state index in [1.807, 2.05) is 48.6 Å². The molecule has 3 rings (SSSR count). The van der Waals surface area contributed by atoms with Gasteiger partial charge >= 0.3 is 5.97 Å². The van der Waals surface area contributed by atoms with Crippen molar-refractivity contribution in [3.63, 3.8) is 0 Å². The van der Waals surface area contributed by atoms with Crippen molar-refractivity contribution in [3.8, 4) is 0 Å². The van der Waals surface area contributed by atoms with Gasteiger partial charge in [0.25, 0.3) is 0 Å². The van der Waals surface area contributed by atoms with Gasteiger partial charge in [0.15, 0.2) is 9.84 Å². The molecule has 0 bridgehead atoms. The van der Waals surface area contributed by atoms with Crippen molar-refractivity contribution in [2.45, 2.75) is 30.4 Å². The monoisotopic (exact) mass is 376 g/mol. The fourth-order valence-electron chi connectivity index (χ4n) is 3.29. The quantitative estimate of drug-likeness (QED) is 0.849. The summed E-state index contributed by atoms with van der Waals surface area (Å²) in [5, 5.41) is 9.31. The minimum absolute atomic E-state index is 0.0629. The highest BCUT2D eigenvalue weighted by atomic mass is 32.2. The number of benzene rings is 1. The number of thiophene rings is 1. The summed E-state index contributed by atoms with van der Waals surface area (Å²) < 4.78 is 24.2. The third kappa shape index (κ3) is 3.70. The van der Waals surface area contributed by atoms with Crippen LogP contribution in [0.5, 0.6) is 0 Å². The summed E-state index contributed by atoms with van der Waals surface area (Å²) in [5.74, 6) is -1.01. The zero-order valence-electron chi connectivity index (χ0n) is 13.7. The molecule has 25 heavy (non-hydrogen) atoms. The Bertz CT molecular complexity index is 881. The minimum atomic E-state index is -3.48. The van der Waals surface area contributed by atoms with Gasteiger partial charge in [0.1, 0.15) is 4.75 Å². The molecule has 0 saturated carbocycles. The highest BCUT2D eigenvalue weighted by Gasteiger charge is 2.49. The predicted octanol–water partition coefficient (Wildman–Crippen LogP) is 4.19. The minimum Gasteiger partial charge on any atom is -0.481 e. The molecule has 1 atom stereocenters. The summed E-state index contributed by atoms with van der Waals surface area (Å²) >= 11 is 1.37. The molecular weight excluding hydrogens is 356 g/mol. The van der Waals surface area contributed by atoms with Crippen LogP contribution in [0.15, 0.2) is 42.5 Å². The maximum atomic E-state index is 12.8. The lowest BCUT2D eigenvalue weighted by Gasteiger charge is -2.34. The van der Waals surface area contributed by atoms with Gasteiger partial charge in [0, 0.05) is 9.75 Å². The molecule has 1 aliphatic heterocycles.